The fourth-order valence-corrected chi connectivity index (χ4v) is 3.13. The van der Waals surface area contributed by atoms with Gasteiger partial charge in [0.25, 0.3) is 0 Å². The molecule has 0 bridgehead atoms. The van der Waals surface area contributed by atoms with Crippen molar-refractivity contribution in [3.8, 4) is 0 Å². The van der Waals surface area contributed by atoms with Crippen molar-refractivity contribution in [1.29, 1.82) is 0 Å². The zero-order valence-electron chi connectivity index (χ0n) is 11.5. The molecule has 2 heterocycles. The molecule has 0 radical (unpaired) electrons. The molecule has 2 amide bonds. The molecule has 1 saturated heterocycles. The van der Waals surface area contributed by atoms with Gasteiger partial charge in [0.1, 0.15) is 5.76 Å². The highest BCUT2D eigenvalue weighted by Gasteiger charge is 2.47. The third-order valence-corrected chi connectivity index (χ3v) is 4.00. The van der Waals surface area contributed by atoms with Crippen LogP contribution in [0.25, 0.3) is 0 Å². The largest absolute Gasteiger partial charge is 0.466 e. The third-order valence-electron chi connectivity index (χ3n) is 2.51. The summed E-state index contributed by atoms with van der Waals surface area (Å²) in [5, 5.41) is 1.50. The monoisotopic (exact) mass is 330 g/mol. The van der Waals surface area contributed by atoms with Crippen molar-refractivity contribution < 1.29 is 23.5 Å². The molecule has 114 valence electrons. The summed E-state index contributed by atoms with van der Waals surface area (Å²) in [4.78, 5) is 24.2. The normalized spacial score (nSPS) is 18.0. The van der Waals surface area contributed by atoms with E-state index < -0.39 is 17.6 Å². The number of thiocarbonyl (C=S) groups is 1. The number of thioether (sulfide) groups is 1. The van der Waals surface area contributed by atoms with Crippen LogP contribution in [-0.4, -0.2) is 39.7 Å². The molecule has 9 heteroatoms. The van der Waals surface area contributed by atoms with E-state index in [9.17, 15) is 9.59 Å². The van der Waals surface area contributed by atoms with E-state index in [1.165, 1.54) is 6.26 Å². The Labute approximate surface area is 131 Å². The molecule has 0 aromatic carbocycles. The van der Waals surface area contributed by atoms with Crippen LogP contribution in [-0.2, 0) is 9.47 Å². The van der Waals surface area contributed by atoms with Gasteiger partial charge in [-0.3, -0.25) is 0 Å². The van der Waals surface area contributed by atoms with E-state index in [0.29, 0.717) is 5.76 Å². The Morgan fingerprint density at radius 2 is 2.00 bits per heavy atom. The minimum Gasteiger partial charge on any atom is -0.466 e. The van der Waals surface area contributed by atoms with Gasteiger partial charge in [0.15, 0.2) is 9.69 Å². The van der Waals surface area contributed by atoms with Gasteiger partial charge in [0, 0.05) is 0 Å². The fraction of sp³-hybridized carbons (Fsp3) is 0.417. The maximum absolute atomic E-state index is 12.2. The maximum atomic E-state index is 12.2. The molecule has 1 fully saturated rings. The van der Waals surface area contributed by atoms with Gasteiger partial charge in [-0.25, -0.2) is 9.59 Å². The summed E-state index contributed by atoms with van der Waals surface area (Å²) >= 11 is 6.30. The fourth-order valence-electron chi connectivity index (χ4n) is 1.71. The molecule has 1 aromatic heterocycles. The van der Waals surface area contributed by atoms with Crippen LogP contribution in [0.1, 0.15) is 25.0 Å². The number of rotatable bonds is 3. The predicted octanol–water partition coefficient (Wildman–Crippen LogP) is 3.14. The Kier molecular flexibility index (Phi) is 5.07. The van der Waals surface area contributed by atoms with E-state index in [1.807, 2.05) is 0 Å². The number of carbonyl (C=O) groups is 2. The van der Waals surface area contributed by atoms with E-state index in [4.69, 9.17) is 26.1 Å². The lowest BCUT2D eigenvalue weighted by molar-refractivity contribution is 0.0159. The van der Waals surface area contributed by atoms with E-state index in [0.717, 1.165) is 21.8 Å². The Morgan fingerprint density at radius 3 is 2.57 bits per heavy atom. The van der Waals surface area contributed by atoms with Crippen molar-refractivity contribution in [2.24, 2.45) is 0 Å². The maximum Gasteiger partial charge on any atom is 0.435 e. The number of hydrogen-bond donors (Lipinski definition) is 0. The van der Waals surface area contributed by atoms with Gasteiger partial charge >= 0.3 is 12.2 Å². The number of nitrogens with zero attached hydrogens (tertiary/aromatic N) is 2. The van der Waals surface area contributed by atoms with Gasteiger partial charge in [-0.05, 0) is 26.0 Å². The lowest BCUT2D eigenvalue weighted by Crippen LogP contribution is -2.47. The molecule has 0 N–H and O–H groups in total. The number of hydrogen-bond acceptors (Lipinski definition) is 7. The average Bonchev–Trinajstić information content (AvgIpc) is 3.05. The standard InChI is InChI=1S/C12H14N2O5S2/c1-3-17-10(15)13-9(8-6-5-7-19-8)21-12(20)14(13)11(16)18-4-2/h5-7,9H,3-4H2,1-2H3. The molecule has 1 aliphatic heterocycles. The van der Waals surface area contributed by atoms with Gasteiger partial charge in [-0.2, -0.15) is 10.0 Å². The van der Waals surface area contributed by atoms with E-state index in [-0.39, 0.29) is 17.5 Å². The van der Waals surface area contributed by atoms with E-state index in [1.54, 1.807) is 26.0 Å². The molecule has 7 nitrogen and oxygen atoms in total. The Bertz CT molecular complexity index is 534. The molecule has 2 rings (SSSR count). The Morgan fingerprint density at radius 1 is 1.33 bits per heavy atom. The summed E-state index contributed by atoms with van der Waals surface area (Å²) in [5.41, 5.74) is 0. The van der Waals surface area contributed by atoms with Crippen LogP contribution in [0.2, 0.25) is 0 Å². The molecular weight excluding hydrogens is 316 g/mol. The van der Waals surface area contributed by atoms with Gasteiger partial charge < -0.3 is 13.9 Å². The van der Waals surface area contributed by atoms with Gasteiger partial charge in [-0.1, -0.05) is 24.0 Å². The molecule has 1 aliphatic rings. The van der Waals surface area contributed by atoms with Crippen molar-refractivity contribution in [3.05, 3.63) is 24.2 Å². The Hall–Kier alpha value is -1.74. The second-order valence-corrected chi connectivity index (χ2v) is 5.52. The summed E-state index contributed by atoms with van der Waals surface area (Å²) in [6.45, 7) is 3.69. The van der Waals surface area contributed by atoms with Crippen LogP contribution in [0, 0.1) is 0 Å². The first-order chi connectivity index (χ1) is 10.1. The first kappa shape index (κ1) is 15.6. The molecule has 0 spiro atoms. The smallest absolute Gasteiger partial charge is 0.435 e. The summed E-state index contributed by atoms with van der Waals surface area (Å²) in [6.07, 6.45) is 0.0615. The Balaban J connectivity index is 2.32. The summed E-state index contributed by atoms with van der Waals surface area (Å²) < 4.78 is 15.4. The number of carbonyl (C=O) groups excluding carboxylic acids is 2. The highest BCUT2D eigenvalue weighted by molar-refractivity contribution is 8.23. The van der Waals surface area contributed by atoms with Crippen LogP contribution < -0.4 is 0 Å². The van der Waals surface area contributed by atoms with Crippen molar-refractivity contribution in [1.82, 2.24) is 10.0 Å². The second-order valence-electron chi connectivity index (χ2n) is 3.81. The van der Waals surface area contributed by atoms with Crippen LogP contribution in [0.4, 0.5) is 9.59 Å². The zero-order chi connectivity index (χ0) is 15.4. The molecule has 1 atom stereocenters. The van der Waals surface area contributed by atoms with Crippen LogP contribution in [0.15, 0.2) is 22.8 Å². The highest BCUT2D eigenvalue weighted by atomic mass is 32.2. The van der Waals surface area contributed by atoms with E-state index >= 15 is 0 Å². The van der Waals surface area contributed by atoms with Crippen LogP contribution in [0.5, 0.6) is 0 Å². The van der Waals surface area contributed by atoms with E-state index in [2.05, 4.69) is 0 Å². The van der Waals surface area contributed by atoms with Gasteiger partial charge in [-0.15, -0.1) is 0 Å². The predicted molar refractivity (Wildman–Crippen MR) is 79.4 cm³/mol. The SMILES string of the molecule is CCOC(=O)N1C(=S)SC(c2ccco2)N1C(=O)OCC. The first-order valence-electron chi connectivity index (χ1n) is 6.26. The van der Waals surface area contributed by atoms with Crippen molar-refractivity contribution in [2.75, 3.05) is 13.2 Å². The quantitative estimate of drug-likeness (QED) is 0.788. The zero-order valence-corrected chi connectivity index (χ0v) is 13.1. The number of ether oxygens (including phenoxy) is 2. The van der Waals surface area contributed by atoms with Crippen molar-refractivity contribution >= 4 is 40.5 Å². The number of amides is 2. The van der Waals surface area contributed by atoms with Crippen LogP contribution in [0.3, 0.4) is 0 Å². The summed E-state index contributed by atoms with van der Waals surface area (Å²) in [6, 6.07) is 3.39. The molecule has 1 aromatic rings. The topological polar surface area (TPSA) is 72.2 Å². The van der Waals surface area contributed by atoms with Gasteiger partial charge in [0.05, 0.1) is 19.5 Å². The minimum absolute atomic E-state index is 0.171. The molecule has 0 aliphatic carbocycles. The number of furan rings is 1. The number of hydrazine groups is 1. The summed E-state index contributed by atoms with van der Waals surface area (Å²) in [5.74, 6) is 0.488. The molecule has 1 unspecified atom stereocenters. The molecule has 21 heavy (non-hydrogen) atoms. The lowest BCUT2D eigenvalue weighted by Gasteiger charge is -2.27. The van der Waals surface area contributed by atoms with Crippen molar-refractivity contribution in [3.63, 3.8) is 0 Å². The van der Waals surface area contributed by atoms with Gasteiger partial charge in [0.2, 0.25) is 0 Å². The first-order valence-corrected chi connectivity index (χ1v) is 7.55. The second kappa shape index (κ2) is 6.81. The minimum atomic E-state index is -0.725. The van der Waals surface area contributed by atoms with Crippen LogP contribution >= 0.6 is 24.0 Å². The average molecular weight is 330 g/mol. The lowest BCUT2D eigenvalue weighted by atomic mass is 10.4. The molecule has 0 saturated carbocycles. The third kappa shape index (κ3) is 3.13. The summed E-state index contributed by atoms with van der Waals surface area (Å²) in [7, 11) is 0. The molecular formula is C12H14N2O5S2. The highest BCUT2D eigenvalue weighted by Crippen LogP contribution is 2.43. The van der Waals surface area contributed by atoms with Crippen molar-refractivity contribution in [2.45, 2.75) is 19.2 Å².